The first kappa shape index (κ1) is 22.7. The van der Waals surface area contributed by atoms with Crippen LogP contribution in [-0.2, 0) is 22.7 Å². The predicted molar refractivity (Wildman–Crippen MR) is 110 cm³/mol. The number of amides is 2. The lowest BCUT2D eigenvalue weighted by Crippen LogP contribution is -2.44. The Morgan fingerprint density at radius 2 is 1.62 bits per heavy atom. The third kappa shape index (κ3) is 7.72. The summed E-state index contributed by atoms with van der Waals surface area (Å²) in [6, 6.07) is 9.65. The van der Waals surface area contributed by atoms with Crippen LogP contribution in [0, 0.1) is 17.7 Å². The molecule has 0 aliphatic rings. The molecule has 29 heavy (non-hydrogen) atoms. The molecule has 0 bridgehead atoms. The number of nitrogens with zero attached hydrogens (tertiary/aromatic N) is 2. The molecule has 0 aliphatic heterocycles. The Kier molecular flexibility index (Phi) is 8.43. The van der Waals surface area contributed by atoms with Gasteiger partial charge in [0.1, 0.15) is 11.6 Å². The lowest BCUT2D eigenvalue weighted by atomic mass is 10.1. The van der Waals surface area contributed by atoms with Gasteiger partial charge in [-0.25, -0.2) is 4.39 Å². The smallest absolute Gasteiger partial charge is 0.242 e. The van der Waals surface area contributed by atoms with Crippen LogP contribution in [0.2, 0.25) is 0 Å². The molecule has 0 N–H and O–H groups in total. The van der Waals surface area contributed by atoms with E-state index in [0.717, 1.165) is 5.56 Å². The summed E-state index contributed by atoms with van der Waals surface area (Å²) in [5.74, 6) is 0.648. The van der Waals surface area contributed by atoms with Crippen molar-refractivity contribution in [3.05, 3.63) is 59.8 Å². The fraction of sp³-hybridized carbons (Fsp3) is 0.478. The molecule has 2 rings (SSSR count). The topological polar surface area (TPSA) is 53.8 Å². The minimum atomic E-state index is -0.319. The summed E-state index contributed by atoms with van der Waals surface area (Å²) < 4.78 is 18.6. The quantitative estimate of drug-likeness (QED) is 0.589. The SMILES string of the molecule is CC(C)CC(=O)N(CC(=O)N(Cc1ccc(F)cc1)Cc1ccco1)CC(C)C. The maximum Gasteiger partial charge on any atom is 0.242 e. The molecule has 0 unspecified atom stereocenters. The Morgan fingerprint density at radius 1 is 0.931 bits per heavy atom. The summed E-state index contributed by atoms with van der Waals surface area (Å²) in [4.78, 5) is 29.1. The molecule has 1 aromatic heterocycles. The highest BCUT2D eigenvalue weighted by Gasteiger charge is 2.23. The van der Waals surface area contributed by atoms with Crippen molar-refractivity contribution >= 4 is 11.8 Å². The fourth-order valence-corrected chi connectivity index (χ4v) is 3.07. The van der Waals surface area contributed by atoms with E-state index in [1.165, 1.54) is 12.1 Å². The third-order valence-electron chi connectivity index (χ3n) is 4.41. The second-order valence-electron chi connectivity index (χ2n) is 8.22. The van der Waals surface area contributed by atoms with Crippen LogP contribution in [0.4, 0.5) is 4.39 Å². The molecule has 5 nitrogen and oxygen atoms in total. The summed E-state index contributed by atoms with van der Waals surface area (Å²) >= 11 is 0. The molecule has 2 aromatic rings. The van der Waals surface area contributed by atoms with E-state index in [0.29, 0.717) is 25.3 Å². The van der Waals surface area contributed by atoms with Gasteiger partial charge in [-0.05, 0) is 41.7 Å². The number of hydrogen-bond acceptors (Lipinski definition) is 3. The van der Waals surface area contributed by atoms with Crippen LogP contribution in [0.5, 0.6) is 0 Å². The Morgan fingerprint density at radius 3 is 2.17 bits per heavy atom. The number of benzene rings is 1. The second kappa shape index (κ2) is 10.8. The van der Waals surface area contributed by atoms with Crippen LogP contribution >= 0.6 is 0 Å². The predicted octanol–water partition coefficient (Wildman–Crippen LogP) is 4.48. The van der Waals surface area contributed by atoms with Crippen molar-refractivity contribution in [3.63, 3.8) is 0 Å². The van der Waals surface area contributed by atoms with Crippen LogP contribution < -0.4 is 0 Å². The number of halogens is 1. The van der Waals surface area contributed by atoms with Crippen LogP contribution in [0.3, 0.4) is 0 Å². The first-order chi connectivity index (χ1) is 13.7. The Labute approximate surface area is 172 Å². The Bertz CT molecular complexity index is 770. The molecule has 0 aliphatic carbocycles. The molecule has 0 atom stereocenters. The summed E-state index contributed by atoms with van der Waals surface area (Å²) in [6.45, 7) is 9.19. The number of carbonyl (C=O) groups is 2. The van der Waals surface area contributed by atoms with E-state index in [4.69, 9.17) is 4.42 Å². The molecule has 6 heteroatoms. The van der Waals surface area contributed by atoms with Crippen molar-refractivity contribution in [2.24, 2.45) is 11.8 Å². The normalized spacial score (nSPS) is 11.1. The third-order valence-corrected chi connectivity index (χ3v) is 4.41. The van der Waals surface area contributed by atoms with Crippen molar-refractivity contribution in [3.8, 4) is 0 Å². The summed E-state index contributed by atoms with van der Waals surface area (Å²) in [6.07, 6.45) is 1.98. The zero-order chi connectivity index (χ0) is 21.4. The van der Waals surface area contributed by atoms with Gasteiger partial charge >= 0.3 is 0 Å². The molecule has 0 spiro atoms. The fourth-order valence-electron chi connectivity index (χ4n) is 3.07. The summed E-state index contributed by atoms with van der Waals surface area (Å²) in [5, 5.41) is 0. The first-order valence-corrected chi connectivity index (χ1v) is 10.1. The van der Waals surface area contributed by atoms with E-state index < -0.39 is 0 Å². The van der Waals surface area contributed by atoms with Crippen molar-refractivity contribution < 1.29 is 18.4 Å². The average molecular weight is 403 g/mol. The van der Waals surface area contributed by atoms with Crippen molar-refractivity contribution in [2.75, 3.05) is 13.1 Å². The Hall–Kier alpha value is -2.63. The van der Waals surface area contributed by atoms with E-state index in [9.17, 15) is 14.0 Å². The van der Waals surface area contributed by atoms with Crippen molar-refractivity contribution in [1.82, 2.24) is 9.80 Å². The zero-order valence-electron chi connectivity index (χ0n) is 17.7. The average Bonchev–Trinajstić information content (AvgIpc) is 3.14. The number of hydrogen-bond donors (Lipinski definition) is 0. The number of rotatable bonds is 10. The number of carbonyl (C=O) groups excluding carboxylic acids is 2. The molecule has 158 valence electrons. The van der Waals surface area contributed by atoms with Gasteiger partial charge in [-0.2, -0.15) is 0 Å². The number of furan rings is 1. The maximum absolute atomic E-state index is 13.2. The highest BCUT2D eigenvalue weighted by molar-refractivity contribution is 5.85. The Balaban J connectivity index is 2.16. The van der Waals surface area contributed by atoms with Gasteiger partial charge in [0.05, 0.1) is 19.4 Å². The van der Waals surface area contributed by atoms with Gasteiger partial charge in [-0.1, -0.05) is 39.8 Å². The van der Waals surface area contributed by atoms with Gasteiger partial charge in [0.25, 0.3) is 0 Å². The van der Waals surface area contributed by atoms with Gasteiger partial charge < -0.3 is 14.2 Å². The van der Waals surface area contributed by atoms with Gasteiger partial charge in [0, 0.05) is 19.5 Å². The molecule has 0 radical (unpaired) electrons. The summed E-state index contributed by atoms with van der Waals surface area (Å²) in [5.41, 5.74) is 0.815. The van der Waals surface area contributed by atoms with Crippen LogP contribution in [0.1, 0.15) is 45.4 Å². The van der Waals surface area contributed by atoms with Gasteiger partial charge in [-0.15, -0.1) is 0 Å². The van der Waals surface area contributed by atoms with Gasteiger partial charge in [-0.3, -0.25) is 9.59 Å². The molecule has 1 aromatic carbocycles. The lowest BCUT2D eigenvalue weighted by Gasteiger charge is -2.29. The van der Waals surface area contributed by atoms with Gasteiger partial charge in [0.15, 0.2) is 0 Å². The molecule has 1 heterocycles. The zero-order valence-corrected chi connectivity index (χ0v) is 17.7. The highest BCUT2D eigenvalue weighted by atomic mass is 19.1. The largest absolute Gasteiger partial charge is 0.467 e. The van der Waals surface area contributed by atoms with E-state index in [1.807, 2.05) is 27.7 Å². The van der Waals surface area contributed by atoms with E-state index >= 15 is 0 Å². The van der Waals surface area contributed by atoms with Crippen LogP contribution in [0.25, 0.3) is 0 Å². The molecule has 0 saturated heterocycles. The van der Waals surface area contributed by atoms with E-state index in [1.54, 1.807) is 40.3 Å². The van der Waals surface area contributed by atoms with Crippen molar-refractivity contribution in [1.29, 1.82) is 0 Å². The minimum absolute atomic E-state index is 0.0122. The lowest BCUT2D eigenvalue weighted by molar-refractivity contribution is -0.142. The molecule has 2 amide bonds. The highest BCUT2D eigenvalue weighted by Crippen LogP contribution is 2.14. The second-order valence-corrected chi connectivity index (χ2v) is 8.22. The molecule has 0 saturated carbocycles. The van der Waals surface area contributed by atoms with Crippen LogP contribution in [-0.4, -0.2) is 34.7 Å². The standard InChI is InChI=1S/C23H31FN2O3/c1-17(2)12-22(27)25(13-18(3)4)16-23(28)26(15-21-6-5-11-29-21)14-19-7-9-20(24)10-8-19/h5-11,17-18H,12-16H2,1-4H3. The molecular formula is C23H31FN2O3. The molecular weight excluding hydrogens is 371 g/mol. The van der Waals surface area contributed by atoms with Crippen LogP contribution in [0.15, 0.2) is 47.1 Å². The maximum atomic E-state index is 13.2. The van der Waals surface area contributed by atoms with E-state index in [2.05, 4.69) is 0 Å². The monoisotopic (exact) mass is 402 g/mol. The first-order valence-electron chi connectivity index (χ1n) is 10.1. The molecule has 0 fully saturated rings. The van der Waals surface area contributed by atoms with Gasteiger partial charge in [0.2, 0.25) is 11.8 Å². The minimum Gasteiger partial charge on any atom is -0.467 e. The summed E-state index contributed by atoms with van der Waals surface area (Å²) in [7, 11) is 0. The van der Waals surface area contributed by atoms with Crippen molar-refractivity contribution in [2.45, 2.75) is 47.2 Å². The van der Waals surface area contributed by atoms with E-state index in [-0.39, 0.29) is 42.6 Å².